The van der Waals surface area contributed by atoms with Gasteiger partial charge in [0.2, 0.25) is 0 Å². The SMILES string of the molecule is Cc1nn(CCNC(=O)NC(C)(C)C)c(C)c1C. The van der Waals surface area contributed by atoms with Crippen LogP contribution in [0, 0.1) is 20.8 Å². The first kappa shape index (κ1) is 14.5. The molecular formula is C13H24N4O. The van der Waals surface area contributed by atoms with Gasteiger partial charge in [-0.25, -0.2) is 4.79 Å². The van der Waals surface area contributed by atoms with Crippen LogP contribution < -0.4 is 10.6 Å². The highest BCUT2D eigenvalue weighted by molar-refractivity contribution is 5.74. The van der Waals surface area contributed by atoms with E-state index in [2.05, 4.69) is 22.7 Å². The fourth-order valence-electron chi connectivity index (χ4n) is 1.66. The first-order valence-corrected chi connectivity index (χ1v) is 6.27. The van der Waals surface area contributed by atoms with Gasteiger partial charge in [-0.3, -0.25) is 4.68 Å². The molecule has 0 unspecified atom stereocenters. The number of aromatic nitrogens is 2. The Hall–Kier alpha value is -1.52. The van der Waals surface area contributed by atoms with Crippen LogP contribution >= 0.6 is 0 Å². The molecule has 0 fully saturated rings. The average Bonchev–Trinajstić information content (AvgIpc) is 2.44. The summed E-state index contributed by atoms with van der Waals surface area (Å²) in [7, 11) is 0. The molecule has 0 radical (unpaired) electrons. The first-order chi connectivity index (χ1) is 8.20. The molecular weight excluding hydrogens is 228 g/mol. The molecule has 2 amide bonds. The second-order valence-corrected chi connectivity index (χ2v) is 5.65. The van der Waals surface area contributed by atoms with Gasteiger partial charge in [0, 0.05) is 17.8 Å². The lowest BCUT2D eigenvalue weighted by molar-refractivity contribution is 0.231. The van der Waals surface area contributed by atoms with Crippen LogP contribution in [0.15, 0.2) is 0 Å². The Morgan fingerprint density at radius 1 is 1.28 bits per heavy atom. The highest BCUT2D eigenvalue weighted by Crippen LogP contribution is 2.10. The van der Waals surface area contributed by atoms with E-state index in [0.29, 0.717) is 13.1 Å². The number of hydrogen-bond donors (Lipinski definition) is 2. The molecule has 0 aliphatic carbocycles. The zero-order valence-electron chi connectivity index (χ0n) is 12.2. The summed E-state index contributed by atoms with van der Waals surface area (Å²) < 4.78 is 1.93. The predicted molar refractivity (Wildman–Crippen MR) is 72.7 cm³/mol. The molecule has 5 nitrogen and oxygen atoms in total. The van der Waals surface area contributed by atoms with Crippen LogP contribution in [-0.4, -0.2) is 27.9 Å². The topological polar surface area (TPSA) is 59.0 Å². The van der Waals surface area contributed by atoms with Crippen LogP contribution in [-0.2, 0) is 6.54 Å². The standard InChI is InChI=1S/C13H24N4O/c1-9-10(2)16-17(11(9)3)8-7-14-12(18)15-13(4,5)6/h7-8H2,1-6H3,(H2,14,15,18). The lowest BCUT2D eigenvalue weighted by atomic mass is 10.1. The summed E-state index contributed by atoms with van der Waals surface area (Å²) in [5.41, 5.74) is 3.21. The van der Waals surface area contributed by atoms with Crippen LogP contribution in [0.3, 0.4) is 0 Å². The van der Waals surface area contributed by atoms with E-state index in [0.717, 1.165) is 11.4 Å². The van der Waals surface area contributed by atoms with E-state index in [9.17, 15) is 4.79 Å². The number of nitrogens with zero attached hydrogens (tertiary/aromatic N) is 2. The van der Waals surface area contributed by atoms with Gasteiger partial charge in [0.05, 0.1) is 12.2 Å². The minimum Gasteiger partial charge on any atom is -0.336 e. The molecule has 18 heavy (non-hydrogen) atoms. The lowest BCUT2D eigenvalue weighted by Gasteiger charge is -2.20. The second kappa shape index (κ2) is 5.42. The van der Waals surface area contributed by atoms with Gasteiger partial charge < -0.3 is 10.6 Å². The van der Waals surface area contributed by atoms with E-state index in [-0.39, 0.29) is 11.6 Å². The monoisotopic (exact) mass is 252 g/mol. The van der Waals surface area contributed by atoms with Gasteiger partial charge in [-0.1, -0.05) is 0 Å². The second-order valence-electron chi connectivity index (χ2n) is 5.65. The first-order valence-electron chi connectivity index (χ1n) is 6.27. The summed E-state index contributed by atoms with van der Waals surface area (Å²) >= 11 is 0. The van der Waals surface area contributed by atoms with Crippen molar-refractivity contribution in [3.05, 3.63) is 17.0 Å². The number of rotatable bonds is 3. The van der Waals surface area contributed by atoms with Crippen molar-refractivity contribution in [1.82, 2.24) is 20.4 Å². The average molecular weight is 252 g/mol. The highest BCUT2D eigenvalue weighted by Gasteiger charge is 2.13. The Morgan fingerprint density at radius 2 is 1.89 bits per heavy atom. The number of hydrogen-bond acceptors (Lipinski definition) is 2. The summed E-state index contributed by atoms with van der Waals surface area (Å²) in [5, 5.41) is 10.1. The summed E-state index contributed by atoms with van der Waals surface area (Å²) in [6.45, 7) is 13.2. The molecule has 2 N–H and O–H groups in total. The molecule has 0 aliphatic rings. The van der Waals surface area contributed by atoms with Crippen molar-refractivity contribution in [2.75, 3.05) is 6.54 Å². The van der Waals surface area contributed by atoms with Crippen molar-refractivity contribution in [2.24, 2.45) is 0 Å². The minimum atomic E-state index is -0.209. The highest BCUT2D eigenvalue weighted by atomic mass is 16.2. The van der Waals surface area contributed by atoms with Crippen molar-refractivity contribution >= 4 is 6.03 Å². The predicted octanol–water partition coefficient (Wildman–Crippen LogP) is 1.91. The molecule has 102 valence electrons. The van der Waals surface area contributed by atoms with Crippen LogP contribution in [0.1, 0.15) is 37.7 Å². The van der Waals surface area contributed by atoms with Crippen LogP contribution in [0.4, 0.5) is 4.79 Å². The van der Waals surface area contributed by atoms with Crippen LogP contribution in [0.2, 0.25) is 0 Å². The molecule has 1 heterocycles. The summed E-state index contributed by atoms with van der Waals surface area (Å²) in [4.78, 5) is 11.6. The number of urea groups is 1. The summed E-state index contributed by atoms with van der Waals surface area (Å²) in [6.07, 6.45) is 0. The maximum atomic E-state index is 11.6. The van der Waals surface area contributed by atoms with E-state index in [4.69, 9.17) is 0 Å². The van der Waals surface area contributed by atoms with Gasteiger partial charge in [0.1, 0.15) is 0 Å². The zero-order chi connectivity index (χ0) is 13.9. The van der Waals surface area contributed by atoms with E-state index >= 15 is 0 Å². The zero-order valence-corrected chi connectivity index (χ0v) is 12.2. The molecule has 0 spiro atoms. The molecule has 0 bridgehead atoms. The molecule has 0 aromatic carbocycles. The van der Waals surface area contributed by atoms with Gasteiger partial charge in [0.25, 0.3) is 0 Å². The molecule has 0 saturated heterocycles. The molecule has 1 aromatic rings. The van der Waals surface area contributed by atoms with Crippen molar-refractivity contribution in [3.8, 4) is 0 Å². The number of nitrogens with one attached hydrogen (secondary N) is 2. The van der Waals surface area contributed by atoms with Crippen molar-refractivity contribution in [1.29, 1.82) is 0 Å². The molecule has 0 saturated carbocycles. The van der Waals surface area contributed by atoms with Crippen molar-refractivity contribution < 1.29 is 4.79 Å². The van der Waals surface area contributed by atoms with E-state index in [1.54, 1.807) is 0 Å². The van der Waals surface area contributed by atoms with Gasteiger partial charge in [-0.2, -0.15) is 5.10 Å². The summed E-state index contributed by atoms with van der Waals surface area (Å²) in [5.74, 6) is 0. The third-order valence-electron chi connectivity index (χ3n) is 2.84. The quantitative estimate of drug-likeness (QED) is 0.863. The number of aryl methyl sites for hydroxylation is 1. The van der Waals surface area contributed by atoms with E-state index in [1.807, 2.05) is 39.3 Å². The Labute approximate surface area is 109 Å². The van der Waals surface area contributed by atoms with Gasteiger partial charge in [-0.15, -0.1) is 0 Å². The molecule has 1 aromatic heterocycles. The van der Waals surface area contributed by atoms with Crippen molar-refractivity contribution in [3.63, 3.8) is 0 Å². The fraction of sp³-hybridized carbons (Fsp3) is 0.692. The smallest absolute Gasteiger partial charge is 0.315 e. The Kier molecular flexibility index (Phi) is 4.38. The molecule has 5 heteroatoms. The minimum absolute atomic E-state index is 0.138. The Morgan fingerprint density at radius 3 is 2.33 bits per heavy atom. The maximum Gasteiger partial charge on any atom is 0.315 e. The van der Waals surface area contributed by atoms with Crippen LogP contribution in [0.5, 0.6) is 0 Å². The number of carbonyl (C=O) groups is 1. The number of carbonyl (C=O) groups excluding carboxylic acids is 1. The third kappa shape index (κ3) is 4.05. The molecule has 1 rings (SSSR count). The van der Waals surface area contributed by atoms with E-state index in [1.165, 1.54) is 5.56 Å². The van der Waals surface area contributed by atoms with Crippen LogP contribution in [0.25, 0.3) is 0 Å². The molecule has 0 atom stereocenters. The van der Waals surface area contributed by atoms with E-state index < -0.39 is 0 Å². The van der Waals surface area contributed by atoms with Gasteiger partial charge >= 0.3 is 6.03 Å². The molecule has 0 aliphatic heterocycles. The van der Waals surface area contributed by atoms with Gasteiger partial charge in [-0.05, 0) is 47.1 Å². The van der Waals surface area contributed by atoms with Crippen molar-refractivity contribution in [2.45, 2.75) is 53.6 Å². The third-order valence-corrected chi connectivity index (χ3v) is 2.84. The summed E-state index contributed by atoms with van der Waals surface area (Å²) in [6, 6.07) is -0.138. The normalized spacial score (nSPS) is 11.4. The number of amides is 2. The maximum absolute atomic E-state index is 11.6. The van der Waals surface area contributed by atoms with Gasteiger partial charge in [0.15, 0.2) is 0 Å². The lowest BCUT2D eigenvalue weighted by Crippen LogP contribution is -2.47. The largest absolute Gasteiger partial charge is 0.336 e. The fourth-order valence-corrected chi connectivity index (χ4v) is 1.66. The Balaban J connectivity index is 2.42. The Bertz CT molecular complexity index is 429.